The maximum atomic E-state index is 13.2. The number of hydrogen-bond acceptors (Lipinski definition) is 5. The monoisotopic (exact) mass is 575 g/mol. The first-order valence-corrected chi connectivity index (χ1v) is 15.6. The standard InChI is InChI=1S/C27H30ClN3O5S2/c28-23-11-15-24(16-12-23)37(33,34)30-26(19-21-7-3-1-4-8-21)27(32)29-20-22-9-13-25(14-10-22)38(35,36)31-17-5-2-6-18-31/h1,3-4,7-16,26,30H,2,5-6,17-20H2,(H,29,32)/t26-/m0/s1. The van der Waals surface area contributed by atoms with E-state index < -0.39 is 32.0 Å². The van der Waals surface area contributed by atoms with Crippen molar-refractivity contribution in [1.82, 2.24) is 14.3 Å². The van der Waals surface area contributed by atoms with Crippen molar-refractivity contribution in [2.45, 2.75) is 48.1 Å². The molecule has 0 unspecified atom stereocenters. The van der Waals surface area contributed by atoms with E-state index in [-0.39, 0.29) is 22.8 Å². The van der Waals surface area contributed by atoms with Gasteiger partial charge in [0.25, 0.3) is 0 Å². The number of sulfonamides is 2. The molecule has 0 aliphatic carbocycles. The van der Waals surface area contributed by atoms with Crippen LogP contribution in [0.1, 0.15) is 30.4 Å². The minimum atomic E-state index is -4.00. The lowest BCUT2D eigenvalue weighted by Gasteiger charge is -2.25. The summed E-state index contributed by atoms with van der Waals surface area (Å²) in [5.41, 5.74) is 1.48. The first-order chi connectivity index (χ1) is 18.1. The van der Waals surface area contributed by atoms with Gasteiger partial charge in [-0.3, -0.25) is 4.79 Å². The van der Waals surface area contributed by atoms with Gasteiger partial charge in [-0.1, -0.05) is 60.5 Å². The van der Waals surface area contributed by atoms with Crippen LogP contribution in [0.15, 0.2) is 88.7 Å². The maximum Gasteiger partial charge on any atom is 0.243 e. The fourth-order valence-corrected chi connectivity index (χ4v) is 7.09. The Bertz CT molecular complexity index is 1440. The van der Waals surface area contributed by atoms with Crippen molar-refractivity contribution in [3.63, 3.8) is 0 Å². The van der Waals surface area contributed by atoms with Crippen LogP contribution in [0.3, 0.4) is 0 Å². The highest BCUT2D eigenvalue weighted by Crippen LogP contribution is 2.21. The van der Waals surface area contributed by atoms with E-state index in [9.17, 15) is 21.6 Å². The molecule has 0 saturated carbocycles. The minimum Gasteiger partial charge on any atom is -0.351 e. The number of rotatable bonds is 10. The SMILES string of the molecule is O=C(NCc1ccc(S(=O)(=O)N2CCCCC2)cc1)[C@H](Cc1ccccc1)NS(=O)(=O)c1ccc(Cl)cc1. The van der Waals surface area contributed by atoms with Gasteiger partial charge in [0.2, 0.25) is 26.0 Å². The number of piperidine rings is 1. The molecule has 3 aromatic carbocycles. The van der Waals surface area contributed by atoms with Crippen LogP contribution in [0.5, 0.6) is 0 Å². The summed E-state index contributed by atoms with van der Waals surface area (Å²) in [5.74, 6) is -0.503. The fraction of sp³-hybridized carbons (Fsp3) is 0.296. The zero-order valence-electron chi connectivity index (χ0n) is 20.7. The maximum absolute atomic E-state index is 13.2. The smallest absolute Gasteiger partial charge is 0.243 e. The third-order valence-corrected chi connectivity index (χ3v) is 10.0. The summed E-state index contributed by atoms with van der Waals surface area (Å²) in [7, 11) is -7.54. The topological polar surface area (TPSA) is 113 Å². The van der Waals surface area contributed by atoms with Gasteiger partial charge in [-0.05, 0) is 66.8 Å². The molecule has 0 bridgehead atoms. The average Bonchev–Trinajstić information content (AvgIpc) is 2.93. The molecular formula is C27H30ClN3O5S2. The van der Waals surface area contributed by atoms with Crippen LogP contribution in [0.4, 0.5) is 0 Å². The van der Waals surface area contributed by atoms with Gasteiger partial charge < -0.3 is 5.32 Å². The molecule has 1 fully saturated rings. The second-order valence-corrected chi connectivity index (χ2v) is 13.2. The minimum absolute atomic E-state index is 0.00161. The lowest BCUT2D eigenvalue weighted by molar-refractivity contribution is -0.122. The highest BCUT2D eigenvalue weighted by atomic mass is 35.5. The van der Waals surface area contributed by atoms with Crippen molar-refractivity contribution in [3.05, 3.63) is 95.0 Å². The Morgan fingerprint density at radius 1 is 0.789 bits per heavy atom. The number of amides is 1. The van der Waals surface area contributed by atoms with Gasteiger partial charge in [0.05, 0.1) is 9.79 Å². The van der Waals surface area contributed by atoms with Crippen molar-refractivity contribution in [2.24, 2.45) is 0 Å². The van der Waals surface area contributed by atoms with Crippen molar-refractivity contribution in [1.29, 1.82) is 0 Å². The summed E-state index contributed by atoms with van der Waals surface area (Å²) in [4.78, 5) is 13.4. The van der Waals surface area contributed by atoms with E-state index in [0.29, 0.717) is 23.7 Å². The van der Waals surface area contributed by atoms with Gasteiger partial charge in [0.15, 0.2) is 0 Å². The number of hydrogen-bond donors (Lipinski definition) is 2. The van der Waals surface area contributed by atoms with Crippen LogP contribution in [0.2, 0.25) is 5.02 Å². The zero-order chi connectivity index (χ0) is 27.2. The van der Waals surface area contributed by atoms with Crippen LogP contribution in [0.25, 0.3) is 0 Å². The second-order valence-electron chi connectivity index (χ2n) is 9.14. The van der Waals surface area contributed by atoms with E-state index in [1.165, 1.54) is 40.7 Å². The third-order valence-electron chi connectivity index (χ3n) is 6.36. The summed E-state index contributed by atoms with van der Waals surface area (Å²) in [6, 6.07) is 20.1. The highest BCUT2D eigenvalue weighted by Gasteiger charge is 2.27. The predicted octanol–water partition coefficient (Wildman–Crippen LogP) is 3.72. The Kier molecular flexibility index (Phi) is 9.22. The van der Waals surface area contributed by atoms with E-state index in [1.54, 1.807) is 12.1 Å². The lowest BCUT2D eigenvalue weighted by Crippen LogP contribution is -2.47. The van der Waals surface area contributed by atoms with Crippen molar-refractivity contribution in [3.8, 4) is 0 Å². The number of halogens is 1. The van der Waals surface area contributed by atoms with E-state index in [0.717, 1.165) is 24.8 Å². The molecule has 1 aliphatic heterocycles. The number of nitrogens with one attached hydrogen (secondary N) is 2. The van der Waals surface area contributed by atoms with Crippen LogP contribution in [-0.4, -0.2) is 46.2 Å². The first-order valence-electron chi connectivity index (χ1n) is 12.3. The summed E-state index contributed by atoms with van der Waals surface area (Å²) in [6.45, 7) is 1.15. The Morgan fingerprint density at radius 3 is 2.03 bits per heavy atom. The van der Waals surface area contributed by atoms with Gasteiger partial charge in [-0.25, -0.2) is 16.8 Å². The van der Waals surface area contributed by atoms with Gasteiger partial charge in [0.1, 0.15) is 6.04 Å². The van der Waals surface area contributed by atoms with E-state index in [2.05, 4.69) is 10.0 Å². The summed E-state index contributed by atoms with van der Waals surface area (Å²) < 4.78 is 55.8. The van der Waals surface area contributed by atoms with E-state index >= 15 is 0 Å². The van der Waals surface area contributed by atoms with E-state index in [4.69, 9.17) is 11.6 Å². The summed E-state index contributed by atoms with van der Waals surface area (Å²) in [5, 5.41) is 3.18. The Balaban J connectivity index is 1.45. The highest BCUT2D eigenvalue weighted by molar-refractivity contribution is 7.89. The normalized spacial score (nSPS) is 15.6. The van der Waals surface area contributed by atoms with Crippen LogP contribution in [-0.2, 0) is 37.8 Å². The summed E-state index contributed by atoms with van der Waals surface area (Å²) in [6.07, 6.45) is 2.89. The molecule has 2 N–H and O–H groups in total. The van der Waals surface area contributed by atoms with Crippen molar-refractivity contribution < 1.29 is 21.6 Å². The molecule has 1 heterocycles. The predicted molar refractivity (Wildman–Crippen MR) is 147 cm³/mol. The molecule has 4 rings (SSSR count). The molecule has 11 heteroatoms. The van der Waals surface area contributed by atoms with Crippen LogP contribution in [0, 0.1) is 0 Å². The molecule has 1 aliphatic rings. The molecule has 1 saturated heterocycles. The average molecular weight is 576 g/mol. The Hall–Kier alpha value is -2.76. The van der Waals surface area contributed by atoms with E-state index in [1.807, 2.05) is 30.3 Å². The molecule has 0 spiro atoms. The number of benzene rings is 3. The molecular weight excluding hydrogens is 546 g/mol. The van der Waals surface area contributed by atoms with Crippen molar-refractivity contribution in [2.75, 3.05) is 13.1 Å². The van der Waals surface area contributed by atoms with Gasteiger partial charge in [0, 0.05) is 24.7 Å². The Morgan fingerprint density at radius 2 is 1.39 bits per heavy atom. The first kappa shape index (κ1) is 28.3. The molecule has 202 valence electrons. The van der Waals surface area contributed by atoms with Gasteiger partial charge in [-0.2, -0.15) is 9.03 Å². The fourth-order valence-electron chi connectivity index (χ4n) is 4.25. The lowest BCUT2D eigenvalue weighted by atomic mass is 10.1. The molecule has 1 atom stereocenters. The largest absolute Gasteiger partial charge is 0.351 e. The van der Waals surface area contributed by atoms with Gasteiger partial charge >= 0.3 is 0 Å². The number of nitrogens with zero attached hydrogens (tertiary/aromatic N) is 1. The molecule has 8 nitrogen and oxygen atoms in total. The van der Waals surface area contributed by atoms with Crippen LogP contribution < -0.4 is 10.0 Å². The number of carbonyl (C=O) groups is 1. The summed E-state index contributed by atoms with van der Waals surface area (Å²) >= 11 is 5.88. The number of carbonyl (C=O) groups excluding carboxylic acids is 1. The second kappa shape index (κ2) is 12.4. The van der Waals surface area contributed by atoms with Crippen LogP contribution >= 0.6 is 11.6 Å². The Labute approximate surface area is 229 Å². The molecule has 1 amide bonds. The molecule has 0 aromatic heterocycles. The molecule has 3 aromatic rings. The molecule has 38 heavy (non-hydrogen) atoms. The molecule has 0 radical (unpaired) electrons. The third kappa shape index (κ3) is 7.21. The zero-order valence-corrected chi connectivity index (χ0v) is 23.1. The van der Waals surface area contributed by atoms with Crippen molar-refractivity contribution >= 4 is 37.6 Å². The van der Waals surface area contributed by atoms with Gasteiger partial charge in [-0.15, -0.1) is 0 Å². The quantitative estimate of drug-likeness (QED) is 0.383.